The number of likely N-dealkylation sites (tertiary alicyclic amines) is 1. The van der Waals surface area contributed by atoms with Crippen LogP contribution in [-0.2, 0) is 0 Å². The number of fused-ring (bicyclic) bond motifs is 1. The first-order chi connectivity index (χ1) is 12.8. The van der Waals surface area contributed by atoms with Crippen molar-refractivity contribution in [3.63, 3.8) is 0 Å². The van der Waals surface area contributed by atoms with Crippen LogP contribution in [0.1, 0.15) is 43.1 Å². The van der Waals surface area contributed by atoms with Crippen LogP contribution in [0.25, 0.3) is 22.0 Å². The fourth-order valence-corrected chi connectivity index (χ4v) is 3.96. The van der Waals surface area contributed by atoms with E-state index in [2.05, 4.69) is 31.2 Å². The Hall–Kier alpha value is -2.68. The average molecular weight is 344 g/mol. The Morgan fingerprint density at radius 1 is 1.08 bits per heavy atom. The van der Waals surface area contributed by atoms with Crippen LogP contribution in [0.2, 0.25) is 0 Å². The lowest BCUT2D eigenvalue weighted by Gasteiger charge is -2.35. The van der Waals surface area contributed by atoms with Crippen LogP contribution < -0.4 is 0 Å². The molecule has 0 aliphatic carbocycles. The van der Waals surface area contributed by atoms with Crippen LogP contribution in [0.15, 0.2) is 60.7 Å². The van der Waals surface area contributed by atoms with Gasteiger partial charge in [-0.05, 0) is 37.1 Å². The molecule has 1 amide bonds. The first kappa shape index (κ1) is 16.8. The molecular formula is C23H24N2O. The number of rotatable bonds is 3. The van der Waals surface area contributed by atoms with E-state index < -0.39 is 0 Å². The molecule has 3 nitrogen and oxygen atoms in total. The Morgan fingerprint density at radius 3 is 2.65 bits per heavy atom. The monoisotopic (exact) mass is 344 g/mol. The van der Waals surface area contributed by atoms with E-state index in [1.54, 1.807) is 0 Å². The second kappa shape index (κ2) is 7.28. The molecule has 1 aromatic heterocycles. The molecule has 1 aliphatic heterocycles. The van der Waals surface area contributed by atoms with Gasteiger partial charge in [0.2, 0.25) is 0 Å². The molecule has 3 aromatic rings. The lowest BCUT2D eigenvalue weighted by atomic mass is 9.98. The predicted octanol–water partition coefficient (Wildman–Crippen LogP) is 5.31. The Morgan fingerprint density at radius 2 is 1.85 bits per heavy atom. The topological polar surface area (TPSA) is 33.2 Å². The zero-order valence-electron chi connectivity index (χ0n) is 15.2. The Kier molecular flexibility index (Phi) is 4.70. The van der Waals surface area contributed by atoms with Crippen molar-refractivity contribution >= 4 is 16.7 Å². The van der Waals surface area contributed by atoms with E-state index in [4.69, 9.17) is 4.98 Å². The van der Waals surface area contributed by atoms with Crippen molar-refractivity contribution < 1.29 is 4.79 Å². The van der Waals surface area contributed by atoms with Crippen molar-refractivity contribution in [2.24, 2.45) is 0 Å². The standard InChI is InChI=1S/C23H24N2O/c1-2-19-13-8-9-15-25(19)23(26)21-16-18-12-6-7-14-20(18)22(24-21)17-10-4-3-5-11-17/h3-7,10-12,14,16,19H,2,8-9,13,15H2,1H3/t19-/m0/s1. The fraction of sp³-hybridized carbons (Fsp3) is 0.304. The van der Waals surface area contributed by atoms with E-state index in [0.717, 1.165) is 47.8 Å². The maximum Gasteiger partial charge on any atom is 0.272 e. The third kappa shape index (κ3) is 3.10. The Labute approximate surface area is 154 Å². The summed E-state index contributed by atoms with van der Waals surface area (Å²) in [5.41, 5.74) is 2.49. The molecule has 0 spiro atoms. The minimum Gasteiger partial charge on any atom is -0.334 e. The van der Waals surface area contributed by atoms with Gasteiger partial charge in [-0.1, -0.05) is 61.5 Å². The molecule has 0 bridgehead atoms. The van der Waals surface area contributed by atoms with Gasteiger partial charge < -0.3 is 4.90 Å². The predicted molar refractivity (Wildman–Crippen MR) is 106 cm³/mol. The fourth-order valence-electron chi connectivity index (χ4n) is 3.96. The molecule has 3 heteroatoms. The molecule has 1 atom stereocenters. The Balaban J connectivity index is 1.82. The van der Waals surface area contributed by atoms with Crippen LogP contribution in [0.5, 0.6) is 0 Å². The molecule has 1 saturated heterocycles. The number of piperidine rings is 1. The van der Waals surface area contributed by atoms with Gasteiger partial charge in [-0.2, -0.15) is 0 Å². The van der Waals surface area contributed by atoms with E-state index in [-0.39, 0.29) is 5.91 Å². The minimum absolute atomic E-state index is 0.0690. The van der Waals surface area contributed by atoms with E-state index in [9.17, 15) is 4.79 Å². The third-order valence-corrected chi connectivity index (χ3v) is 5.37. The second-order valence-electron chi connectivity index (χ2n) is 7.00. The summed E-state index contributed by atoms with van der Waals surface area (Å²) in [6, 6.07) is 20.6. The maximum absolute atomic E-state index is 13.3. The van der Waals surface area contributed by atoms with Crippen LogP contribution in [0.4, 0.5) is 0 Å². The summed E-state index contributed by atoms with van der Waals surface area (Å²) in [5, 5.41) is 2.15. The molecule has 0 N–H and O–H groups in total. The highest BCUT2D eigenvalue weighted by Crippen LogP contribution is 2.29. The summed E-state index contributed by atoms with van der Waals surface area (Å²) in [6.45, 7) is 3.01. The average Bonchev–Trinajstić information content (AvgIpc) is 2.73. The quantitative estimate of drug-likeness (QED) is 0.645. The zero-order chi connectivity index (χ0) is 17.9. The number of carbonyl (C=O) groups excluding carboxylic acids is 1. The summed E-state index contributed by atoms with van der Waals surface area (Å²) >= 11 is 0. The Bertz CT molecular complexity index is 920. The van der Waals surface area contributed by atoms with Gasteiger partial charge in [-0.25, -0.2) is 4.98 Å². The summed E-state index contributed by atoms with van der Waals surface area (Å²) in [6.07, 6.45) is 4.40. The van der Waals surface area contributed by atoms with E-state index >= 15 is 0 Å². The summed E-state index contributed by atoms with van der Waals surface area (Å²) in [5.74, 6) is 0.0690. The maximum atomic E-state index is 13.3. The molecule has 1 fully saturated rings. The van der Waals surface area contributed by atoms with Gasteiger partial charge in [-0.15, -0.1) is 0 Å². The molecule has 26 heavy (non-hydrogen) atoms. The molecule has 1 aliphatic rings. The number of benzene rings is 2. The molecule has 0 saturated carbocycles. The lowest BCUT2D eigenvalue weighted by molar-refractivity contribution is 0.0602. The largest absolute Gasteiger partial charge is 0.334 e. The SMILES string of the molecule is CC[C@H]1CCCCN1C(=O)c1cc2ccccc2c(-c2ccccc2)n1. The number of nitrogens with zero attached hydrogens (tertiary/aromatic N) is 2. The summed E-state index contributed by atoms with van der Waals surface area (Å²) < 4.78 is 0. The highest BCUT2D eigenvalue weighted by Gasteiger charge is 2.27. The van der Waals surface area contributed by atoms with Crippen LogP contribution in [0.3, 0.4) is 0 Å². The summed E-state index contributed by atoms with van der Waals surface area (Å²) in [7, 11) is 0. The molecule has 132 valence electrons. The second-order valence-corrected chi connectivity index (χ2v) is 7.00. The third-order valence-electron chi connectivity index (χ3n) is 5.37. The van der Waals surface area contributed by atoms with Gasteiger partial charge in [0.1, 0.15) is 5.69 Å². The normalized spacial score (nSPS) is 17.4. The van der Waals surface area contributed by atoms with Crippen LogP contribution >= 0.6 is 0 Å². The lowest BCUT2D eigenvalue weighted by Crippen LogP contribution is -2.43. The summed E-state index contributed by atoms with van der Waals surface area (Å²) in [4.78, 5) is 20.1. The van der Waals surface area contributed by atoms with Crippen molar-refractivity contribution in [3.05, 3.63) is 66.4 Å². The first-order valence-electron chi connectivity index (χ1n) is 9.54. The van der Waals surface area contributed by atoms with Gasteiger partial charge in [-0.3, -0.25) is 4.79 Å². The van der Waals surface area contributed by atoms with Gasteiger partial charge in [0.15, 0.2) is 0 Å². The van der Waals surface area contributed by atoms with Gasteiger partial charge in [0.05, 0.1) is 5.69 Å². The van der Waals surface area contributed by atoms with E-state index in [1.807, 2.05) is 41.3 Å². The van der Waals surface area contributed by atoms with Crippen molar-refractivity contribution in [1.82, 2.24) is 9.88 Å². The van der Waals surface area contributed by atoms with E-state index in [1.165, 1.54) is 6.42 Å². The van der Waals surface area contributed by atoms with Gasteiger partial charge in [0, 0.05) is 23.5 Å². The van der Waals surface area contributed by atoms with E-state index in [0.29, 0.717) is 11.7 Å². The molecule has 0 unspecified atom stereocenters. The zero-order valence-corrected chi connectivity index (χ0v) is 15.2. The van der Waals surface area contributed by atoms with Crippen LogP contribution in [-0.4, -0.2) is 28.4 Å². The van der Waals surface area contributed by atoms with Crippen molar-refractivity contribution in [1.29, 1.82) is 0 Å². The number of aromatic nitrogens is 1. The van der Waals surface area contributed by atoms with Crippen molar-refractivity contribution in [2.45, 2.75) is 38.6 Å². The molecular weight excluding hydrogens is 320 g/mol. The molecule has 0 radical (unpaired) electrons. The van der Waals surface area contributed by atoms with Crippen molar-refractivity contribution in [3.8, 4) is 11.3 Å². The van der Waals surface area contributed by atoms with Crippen molar-refractivity contribution in [2.75, 3.05) is 6.54 Å². The number of pyridine rings is 1. The van der Waals surface area contributed by atoms with Gasteiger partial charge >= 0.3 is 0 Å². The highest BCUT2D eigenvalue weighted by molar-refractivity contribution is 6.01. The highest BCUT2D eigenvalue weighted by atomic mass is 16.2. The minimum atomic E-state index is 0.0690. The number of amides is 1. The smallest absolute Gasteiger partial charge is 0.272 e. The number of carbonyl (C=O) groups is 1. The van der Waals surface area contributed by atoms with Gasteiger partial charge in [0.25, 0.3) is 5.91 Å². The first-order valence-corrected chi connectivity index (χ1v) is 9.54. The van der Waals surface area contributed by atoms with Crippen LogP contribution in [0, 0.1) is 0 Å². The number of hydrogen-bond acceptors (Lipinski definition) is 2. The molecule has 2 aromatic carbocycles. The molecule has 4 rings (SSSR count). The number of hydrogen-bond donors (Lipinski definition) is 0. The molecule has 2 heterocycles.